The molecule has 0 saturated heterocycles. The summed E-state index contributed by atoms with van der Waals surface area (Å²) in [5.41, 5.74) is -0.223. The van der Waals surface area contributed by atoms with Gasteiger partial charge in [-0.25, -0.2) is 4.21 Å². The average Bonchev–Trinajstić information content (AvgIpc) is 2.54. The molecular weight excluding hydrogens is 458 g/mol. The fourth-order valence-electron chi connectivity index (χ4n) is 2.82. The fourth-order valence-corrected chi connectivity index (χ4v) is 3.46. The molecule has 1 unspecified atom stereocenters. The van der Waals surface area contributed by atoms with Gasteiger partial charge in [0.15, 0.2) is 0 Å². The molecule has 0 heterocycles. The van der Waals surface area contributed by atoms with Crippen LogP contribution in [0.4, 0.5) is 0 Å². The zero-order chi connectivity index (χ0) is 24.4. The molecule has 3 saturated carbocycles. The molecule has 0 aliphatic heterocycles. The molecule has 0 aromatic rings. The minimum absolute atomic E-state index is 0. The van der Waals surface area contributed by atoms with Crippen molar-refractivity contribution in [3.8, 4) is 0 Å². The van der Waals surface area contributed by atoms with Gasteiger partial charge in [-0.1, -0.05) is 27.7 Å². The van der Waals surface area contributed by atoms with Gasteiger partial charge in [0.2, 0.25) is 0 Å². The van der Waals surface area contributed by atoms with E-state index in [2.05, 4.69) is 4.40 Å². The van der Waals surface area contributed by atoms with Crippen molar-refractivity contribution >= 4 is 23.2 Å². The Bertz CT molecular complexity index is 469. The molecule has 0 aromatic heterocycles. The van der Waals surface area contributed by atoms with E-state index in [1.54, 1.807) is 27.7 Å². The first kappa shape index (κ1) is 38.1. The van der Waals surface area contributed by atoms with Crippen molar-refractivity contribution in [1.82, 2.24) is 0 Å². The topological polar surface area (TPSA) is 148 Å². The average molecular weight is 499 g/mol. The van der Waals surface area contributed by atoms with Crippen LogP contribution in [0.5, 0.6) is 0 Å². The number of carbonyl (C=O) groups excluding carboxylic acids is 1. The van der Waals surface area contributed by atoms with Gasteiger partial charge in [0, 0.05) is 11.6 Å². The second kappa shape index (κ2) is 20.5. The Morgan fingerprint density at radius 2 is 1.26 bits per heavy atom. The van der Waals surface area contributed by atoms with Crippen molar-refractivity contribution in [2.75, 3.05) is 33.0 Å². The van der Waals surface area contributed by atoms with Crippen LogP contribution in [0.25, 0.3) is 0 Å². The molecule has 31 heavy (non-hydrogen) atoms. The van der Waals surface area contributed by atoms with Crippen molar-refractivity contribution in [1.29, 1.82) is 0 Å². The van der Waals surface area contributed by atoms with E-state index in [-0.39, 0.29) is 69.7 Å². The van der Waals surface area contributed by atoms with Gasteiger partial charge in [-0.3, -0.25) is 4.79 Å². The van der Waals surface area contributed by atoms with Crippen molar-refractivity contribution in [3.05, 3.63) is 0 Å². The van der Waals surface area contributed by atoms with Crippen LogP contribution in [-0.4, -0.2) is 54.2 Å². The van der Waals surface area contributed by atoms with Crippen molar-refractivity contribution in [2.24, 2.45) is 15.2 Å². The molecule has 0 spiro atoms. The zero-order valence-corrected chi connectivity index (χ0v) is 22.8. The Kier molecular flexibility index (Phi) is 25.2. The van der Waals surface area contributed by atoms with Gasteiger partial charge >= 0.3 is 27.7 Å². The SMILES string of the molecule is CCOC(=O)C12CC(C=NS(=O)C(C)(C)C)(C1)C2.CC[O-].CC[O-].CC[O-].CC[O-].[Ti+4]. The van der Waals surface area contributed by atoms with Crippen LogP contribution in [0.2, 0.25) is 0 Å². The molecule has 0 amide bonds. The van der Waals surface area contributed by atoms with E-state index in [0.29, 0.717) is 6.61 Å². The molecule has 3 aliphatic carbocycles. The molecule has 8 nitrogen and oxygen atoms in total. The van der Waals surface area contributed by atoms with Crippen molar-refractivity contribution in [2.45, 2.75) is 79.4 Å². The maximum atomic E-state index is 11.8. The van der Waals surface area contributed by atoms with Crippen LogP contribution in [0.15, 0.2) is 4.40 Å². The summed E-state index contributed by atoms with van der Waals surface area (Å²) in [5.74, 6) is -0.0720. The maximum Gasteiger partial charge on any atom is 4.00 e. The summed E-state index contributed by atoms with van der Waals surface area (Å²) in [4.78, 5) is 11.7. The van der Waals surface area contributed by atoms with E-state index < -0.39 is 11.0 Å². The van der Waals surface area contributed by atoms with E-state index in [4.69, 9.17) is 25.2 Å². The van der Waals surface area contributed by atoms with E-state index >= 15 is 0 Å². The second-order valence-electron chi connectivity index (χ2n) is 7.64. The van der Waals surface area contributed by atoms with Gasteiger partial charge in [0.05, 0.1) is 16.8 Å². The molecule has 182 valence electrons. The fraction of sp³-hybridized carbons (Fsp3) is 0.905. The summed E-state index contributed by atoms with van der Waals surface area (Å²) >= 11 is 0. The number of hydrogen-bond donors (Lipinski definition) is 0. The maximum absolute atomic E-state index is 11.8. The minimum Gasteiger partial charge on any atom is -0.855 e. The summed E-state index contributed by atoms with van der Waals surface area (Å²) < 4.78 is 20.7. The van der Waals surface area contributed by atoms with Gasteiger partial charge in [-0.15, -0.1) is 26.4 Å². The first-order valence-corrected chi connectivity index (χ1v) is 11.5. The number of nitrogens with zero attached hydrogens (tertiary/aromatic N) is 1. The van der Waals surface area contributed by atoms with Gasteiger partial charge < -0.3 is 25.2 Å². The zero-order valence-electron chi connectivity index (χ0n) is 20.4. The molecule has 0 aromatic carbocycles. The summed E-state index contributed by atoms with van der Waals surface area (Å²) in [6.07, 6.45) is 4.24. The van der Waals surface area contributed by atoms with Crippen LogP contribution in [-0.2, 0) is 42.2 Å². The third kappa shape index (κ3) is 15.3. The second-order valence-corrected chi connectivity index (χ2v) is 9.58. The Morgan fingerprint density at radius 3 is 1.52 bits per heavy atom. The standard InChI is InChI=1S/C13H21NO3S.4C2H5O.Ti/c1-5-17-10(15)13-6-12(7-13,8-13)9-14-18(16)11(2,3)4;4*1-2-3;/h9H,5-8H2,1-4H3;4*2H2,1H3;/q;4*-1;+4. The predicted molar refractivity (Wildman–Crippen MR) is 114 cm³/mol. The van der Waals surface area contributed by atoms with Crippen LogP contribution in [0.3, 0.4) is 0 Å². The first-order chi connectivity index (χ1) is 13.9. The van der Waals surface area contributed by atoms with Gasteiger partial charge in [0.1, 0.15) is 11.0 Å². The Hall–Kier alpha value is -0.156. The summed E-state index contributed by atoms with van der Waals surface area (Å²) in [6, 6.07) is 0. The van der Waals surface area contributed by atoms with Crippen LogP contribution >= 0.6 is 0 Å². The monoisotopic (exact) mass is 499 g/mol. The van der Waals surface area contributed by atoms with Crippen LogP contribution in [0, 0.1) is 10.8 Å². The van der Waals surface area contributed by atoms with Gasteiger partial charge in [0.25, 0.3) is 0 Å². The third-order valence-electron chi connectivity index (χ3n) is 3.73. The molecular formula is C21H41NO7STi. The van der Waals surface area contributed by atoms with E-state index in [1.165, 1.54) is 0 Å². The molecule has 10 heteroatoms. The molecule has 3 fully saturated rings. The molecule has 1 atom stereocenters. The predicted octanol–water partition coefficient (Wildman–Crippen LogP) is -0.283. The van der Waals surface area contributed by atoms with E-state index in [0.717, 1.165) is 19.3 Å². The number of carbonyl (C=O) groups is 1. The van der Waals surface area contributed by atoms with Crippen LogP contribution < -0.4 is 20.4 Å². The van der Waals surface area contributed by atoms with E-state index in [1.807, 2.05) is 33.9 Å². The molecule has 3 aliphatic rings. The number of rotatable bonds is 4. The normalized spacial score (nSPS) is 23.1. The van der Waals surface area contributed by atoms with Gasteiger partial charge in [-0.2, -0.15) is 4.40 Å². The number of ether oxygens (including phenoxy) is 1. The molecule has 0 radical (unpaired) electrons. The smallest absolute Gasteiger partial charge is 0.855 e. The van der Waals surface area contributed by atoms with Crippen molar-refractivity contribution in [3.63, 3.8) is 0 Å². The first-order valence-electron chi connectivity index (χ1n) is 10.4. The Morgan fingerprint density at radius 1 is 0.935 bits per heavy atom. The summed E-state index contributed by atoms with van der Waals surface area (Å²) in [7, 11) is -1.20. The van der Waals surface area contributed by atoms with Crippen LogP contribution in [0.1, 0.15) is 74.7 Å². The van der Waals surface area contributed by atoms with E-state index in [9.17, 15) is 9.00 Å². The third-order valence-corrected chi connectivity index (χ3v) is 5.07. The molecule has 2 bridgehead atoms. The minimum atomic E-state index is -1.20. The number of hydrogen-bond acceptors (Lipinski definition) is 7. The summed E-state index contributed by atoms with van der Waals surface area (Å²) in [5, 5.41) is 35.7. The molecule has 0 N–H and O–H groups in total. The molecule has 3 rings (SSSR count). The quantitative estimate of drug-likeness (QED) is 0.293. The Balaban J connectivity index is -0.000000236. The number of esters is 1. The van der Waals surface area contributed by atoms with Gasteiger partial charge in [-0.05, 0) is 47.0 Å². The largest absolute Gasteiger partial charge is 4.00 e. The van der Waals surface area contributed by atoms with Crippen molar-refractivity contribution < 1.29 is 55.9 Å². The Labute approximate surface area is 206 Å². The summed E-state index contributed by atoms with van der Waals surface area (Å²) in [6.45, 7) is 14.3.